The number of benzene rings is 2. The molecule has 0 radical (unpaired) electrons. The summed E-state index contributed by atoms with van der Waals surface area (Å²) in [6.07, 6.45) is -1.25. The van der Waals surface area contributed by atoms with Crippen molar-refractivity contribution in [2.45, 2.75) is 41.7 Å². The highest BCUT2D eigenvalue weighted by molar-refractivity contribution is 5.54. The maximum Gasteiger partial charge on any atom is 0.137 e. The zero-order valence-corrected chi connectivity index (χ0v) is 13.9. The molecule has 132 valence electrons. The third-order valence-corrected chi connectivity index (χ3v) is 6.22. The molecule has 0 aliphatic heterocycles. The minimum absolute atomic E-state index is 0.563. The zero-order valence-electron chi connectivity index (χ0n) is 13.9. The topological polar surface area (TPSA) is 101 Å². The van der Waals surface area contributed by atoms with Gasteiger partial charge in [0.2, 0.25) is 0 Å². The van der Waals surface area contributed by atoms with E-state index in [1.807, 2.05) is 19.1 Å². The second kappa shape index (κ2) is 5.13. The minimum atomic E-state index is -2.02. The molecule has 2 saturated carbocycles. The summed E-state index contributed by atoms with van der Waals surface area (Å²) in [5.41, 5.74) is -3.69. The van der Waals surface area contributed by atoms with Crippen molar-refractivity contribution in [3.05, 3.63) is 71.3 Å². The van der Waals surface area contributed by atoms with E-state index in [1.54, 1.807) is 42.5 Å². The highest BCUT2D eigenvalue weighted by Gasteiger charge is 2.92. The molecular weight excluding hydrogens is 320 g/mol. The molecule has 2 aliphatic rings. The molecule has 25 heavy (non-hydrogen) atoms. The van der Waals surface area contributed by atoms with Gasteiger partial charge in [-0.2, -0.15) is 0 Å². The van der Waals surface area contributed by atoms with E-state index in [-0.39, 0.29) is 0 Å². The quantitative estimate of drug-likeness (QED) is 0.557. The van der Waals surface area contributed by atoms with Crippen LogP contribution in [0.15, 0.2) is 54.6 Å². The molecule has 0 amide bonds. The average Bonchev–Trinajstić information content (AvgIpc) is 2.63. The Kier molecular flexibility index (Phi) is 3.42. The van der Waals surface area contributed by atoms with Crippen molar-refractivity contribution in [3.63, 3.8) is 0 Å². The van der Waals surface area contributed by atoms with Crippen molar-refractivity contribution in [3.8, 4) is 0 Å². The molecule has 4 rings (SSSR count). The van der Waals surface area contributed by atoms with Crippen molar-refractivity contribution < 1.29 is 25.5 Å². The number of aryl methyl sites for hydroxylation is 1. The van der Waals surface area contributed by atoms with E-state index in [2.05, 4.69) is 0 Å². The number of aliphatic hydroxyl groups excluding tert-OH is 2. The largest absolute Gasteiger partial charge is 0.393 e. The first kappa shape index (κ1) is 16.7. The Labute approximate surface area is 145 Å². The summed E-state index contributed by atoms with van der Waals surface area (Å²) in [6, 6.07) is 15.9. The lowest BCUT2D eigenvalue weighted by Gasteiger charge is -2.79. The third kappa shape index (κ3) is 1.70. The van der Waals surface area contributed by atoms with Gasteiger partial charge < -0.3 is 25.5 Å². The molecule has 2 aliphatic carbocycles. The predicted octanol–water partition coefficient (Wildman–Crippen LogP) is 0.436. The van der Waals surface area contributed by atoms with E-state index in [4.69, 9.17) is 0 Å². The molecule has 5 nitrogen and oxygen atoms in total. The van der Waals surface area contributed by atoms with E-state index in [1.165, 1.54) is 0 Å². The number of hydrogen-bond acceptors (Lipinski definition) is 5. The fourth-order valence-corrected chi connectivity index (χ4v) is 4.96. The summed E-state index contributed by atoms with van der Waals surface area (Å²) >= 11 is 0. The van der Waals surface area contributed by atoms with Gasteiger partial charge in [-0.1, -0.05) is 60.2 Å². The zero-order chi connectivity index (χ0) is 18.0. The Bertz CT molecular complexity index is 779. The van der Waals surface area contributed by atoms with Crippen molar-refractivity contribution in [1.82, 2.24) is 0 Å². The van der Waals surface area contributed by atoms with Crippen molar-refractivity contribution >= 4 is 0 Å². The van der Waals surface area contributed by atoms with Crippen LogP contribution in [-0.2, 0) is 0 Å². The normalized spacial score (nSPS) is 42.2. The fourth-order valence-electron chi connectivity index (χ4n) is 4.96. The van der Waals surface area contributed by atoms with E-state index in [0.717, 1.165) is 5.56 Å². The first-order valence-corrected chi connectivity index (χ1v) is 8.40. The van der Waals surface area contributed by atoms with Crippen LogP contribution in [0.4, 0.5) is 0 Å². The summed E-state index contributed by atoms with van der Waals surface area (Å²) in [5, 5.41) is 54.0. The SMILES string of the molecule is Cc1ccc(C2C(O)[C@@]3(O)C(c4ccccc4)[C@@](O)(CO)[C@@]23O)cc1. The summed E-state index contributed by atoms with van der Waals surface area (Å²) in [7, 11) is 0. The summed E-state index contributed by atoms with van der Waals surface area (Å²) < 4.78 is 0. The molecule has 5 heteroatoms. The van der Waals surface area contributed by atoms with Gasteiger partial charge in [-0.3, -0.25) is 0 Å². The highest BCUT2D eigenvalue weighted by atomic mass is 16.4. The van der Waals surface area contributed by atoms with Crippen LogP contribution in [0.3, 0.4) is 0 Å². The molecule has 0 bridgehead atoms. The van der Waals surface area contributed by atoms with Crippen LogP contribution >= 0.6 is 0 Å². The van der Waals surface area contributed by atoms with Crippen molar-refractivity contribution in [2.75, 3.05) is 6.61 Å². The van der Waals surface area contributed by atoms with E-state index >= 15 is 0 Å². The molecule has 2 fully saturated rings. The third-order valence-electron chi connectivity index (χ3n) is 6.22. The Hall–Kier alpha value is -1.76. The van der Waals surface area contributed by atoms with Crippen LogP contribution < -0.4 is 0 Å². The van der Waals surface area contributed by atoms with Crippen molar-refractivity contribution in [1.29, 1.82) is 0 Å². The molecule has 2 aromatic rings. The van der Waals surface area contributed by atoms with Crippen LogP contribution in [0.2, 0.25) is 0 Å². The van der Waals surface area contributed by atoms with Crippen molar-refractivity contribution in [2.24, 2.45) is 0 Å². The maximum absolute atomic E-state index is 11.2. The molecule has 6 atom stereocenters. The molecule has 0 spiro atoms. The molecule has 3 unspecified atom stereocenters. The van der Waals surface area contributed by atoms with Crippen LogP contribution in [0.5, 0.6) is 0 Å². The van der Waals surface area contributed by atoms with Gasteiger partial charge in [0.1, 0.15) is 16.8 Å². The second-order valence-electron chi connectivity index (χ2n) is 7.35. The Morgan fingerprint density at radius 3 is 2.04 bits per heavy atom. The van der Waals surface area contributed by atoms with E-state index < -0.39 is 41.3 Å². The lowest BCUT2D eigenvalue weighted by molar-refractivity contribution is -0.448. The fraction of sp³-hybridized carbons (Fsp3) is 0.400. The van der Waals surface area contributed by atoms with Gasteiger partial charge in [-0.15, -0.1) is 0 Å². The average molecular weight is 342 g/mol. The number of fused-ring (bicyclic) bond motifs is 1. The van der Waals surface area contributed by atoms with Crippen LogP contribution in [0, 0.1) is 6.92 Å². The lowest BCUT2D eigenvalue weighted by Crippen LogP contribution is -2.98. The molecule has 2 aromatic carbocycles. The maximum atomic E-state index is 11.2. The number of aliphatic hydroxyl groups is 5. The highest BCUT2D eigenvalue weighted by Crippen LogP contribution is 2.74. The Morgan fingerprint density at radius 1 is 0.880 bits per heavy atom. The van der Waals surface area contributed by atoms with Crippen LogP contribution in [0.1, 0.15) is 28.5 Å². The second-order valence-corrected chi connectivity index (χ2v) is 7.35. The van der Waals surface area contributed by atoms with Crippen LogP contribution in [-0.4, -0.2) is 55.0 Å². The van der Waals surface area contributed by atoms with Gasteiger partial charge in [0, 0.05) is 5.92 Å². The number of hydrogen-bond donors (Lipinski definition) is 5. The Morgan fingerprint density at radius 2 is 1.48 bits per heavy atom. The lowest BCUT2D eigenvalue weighted by atomic mass is 9.31. The van der Waals surface area contributed by atoms with E-state index in [0.29, 0.717) is 11.1 Å². The van der Waals surface area contributed by atoms with Gasteiger partial charge in [-0.05, 0) is 18.1 Å². The summed E-state index contributed by atoms with van der Waals surface area (Å²) in [5.74, 6) is -1.86. The predicted molar refractivity (Wildman–Crippen MR) is 91.0 cm³/mol. The first-order chi connectivity index (χ1) is 11.8. The molecule has 0 aromatic heterocycles. The molecule has 0 heterocycles. The number of rotatable bonds is 3. The van der Waals surface area contributed by atoms with Crippen LogP contribution in [0.25, 0.3) is 0 Å². The minimum Gasteiger partial charge on any atom is -0.393 e. The molecule has 5 N–H and O–H groups in total. The summed E-state index contributed by atoms with van der Waals surface area (Å²) in [4.78, 5) is 0. The smallest absolute Gasteiger partial charge is 0.137 e. The van der Waals surface area contributed by atoms with Gasteiger partial charge in [0.05, 0.1) is 18.6 Å². The summed E-state index contributed by atoms with van der Waals surface area (Å²) in [6.45, 7) is 1.20. The Balaban J connectivity index is 1.81. The van der Waals surface area contributed by atoms with Gasteiger partial charge in [0.25, 0.3) is 0 Å². The standard InChI is InChI=1S/C20H22O5/c1-12-7-9-13(10-8-12)15-17(22)19(24)16(14-5-3-2-4-6-14)18(23,11-21)20(15,19)25/h2-10,15-17,21-25H,11H2,1H3/t15?,16?,17?,18-,19-,20-/m0/s1. The monoisotopic (exact) mass is 342 g/mol. The van der Waals surface area contributed by atoms with E-state index in [9.17, 15) is 25.5 Å². The van der Waals surface area contributed by atoms with Gasteiger partial charge in [0.15, 0.2) is 0 Å². The van der Waals surface area contributed by atoms with Gasteiger partial charge >= 0.3 is 0 Å². The molecule has 0 saturated heterocycles. The first-order valence-electron chi connectivity index (χ1n) is 8.40. The van der Waals surface area contributed by atoms with Gasteiger partial charge in [-0.25, -0.2) is 0 Å². The molecular formula is C20H22O5.